The van der Waals surface area contributed by atoms with E-state index in [0.29, 0.717) is 6.04 Å². The average molecular weight is 231 g/mol. The third kappa shape index (κ3) is 2.74. The van der Waals surface area contributed by atoms with E-state index in [-0.39, 0.29) is 0 Å². The topological polar surface area (TPSA) is 21.3 Å². The van der Waals surface area contributed by atoms with Crippen molar-refractivity contribution in [3.05, 3.63) is 24.3 Å². The third-order valence-electron chi connectivity index (χ3n) is 3.74. The van der Waals surface area contributed by atoms with E-state index in [1.165, 1.54) is 31.4 Å². The summed E-state index contributed by atoms with van der Waals surface area (Å²) in [4.78, 5) is 0. The molecule has 0 amide bonds. The predicted octanol–water partition coefficient (Wildman–Crippen LogP) is 3.69. The van der Waals surface area contributed by atoms with Gasteiger partial charge in [-0.15, -0.1) is 0 Å². The van der Waals surface area contributed by atoms with Gasteiger partial charge in [0.05, 0.1) is 6.61 Å². The number of rotatable bonds is 6. The molecule has 0 aromatic heterocycles. The first-order valence-corrected chi connectivity index (χ1v) is 6.86. The Bertz CT molecular complexity index is 370. The van der Waals surface area contributed by atoms with Crippen molar-refractivity contribution in [2.45, 2.75) is 38.6 Å². The fourth-order valence-electron chi connectivity index (χ4n) is 2.57. The summed E-state index contributed by atoms with van der Waals surface area (Å²) < 4.78 is 5.54. The Kier molecular flexibility index (Phi) is 2.96. The van der Waals surface area contributed by atoms with Crippen LogP contribution in [0.4, 0.5) is 5.69 Å². The molecule has 92 valence electrons. The molecule has 1 aromatic rings. The highest BCUT2D eigenvalue weighted by molar-refractivity contribution is 5.49. The minimum Gasteiger partial charge on any atom is -0.494 e. The minimum atomic E-state index is 0.715. The molecule has 0 radical (unpaired) electrons. The number of nitrogens with one attached hydrogen (secondary N) is 1. The molecule has 1 N–H and O–H groups in total. The zero-order chi connectivity index (χ0) is 11.7. The molecule has 2 aliphatic rings. The summed E-state index contributed by atoms with van der Waals surface area (Å²) in [5, 5.41) is 3.72. The van der Waals surface area contributed by atoms with Gasteiger partial charge in [-0.2, -0.15) is 0 Å². The van der Waals surface area contributed by atoms with Crippen molar-refractivity contribution in [1.29, 1.82) is 0 Å². The zero-order valence-corrected chi connectivity index (χ0v) is 10.5. The number of hydrogen-bond acceptors (Lipinski definition) is 2. The van der Waals surface area contributed by atoms with Gasteiger partial charge in [-0.05, 0) is 56.6 Å². The molecule has 2 heteroatoms. The molecule has 0 heterocycles. The van der Waals surface area contributed by atoms with Gasteiger partial charge in [-0.3, -0.25) is 0 Å². The Morgan fingerprint density at radius 1 is 1.24 bits per heavy atom. The number of ether oxygens (including phenoxy) is 1. The van der Waals surface area contributed by atoms with Crippen molar-refractivity contribution in [3.63, 3.8) is 0 Å². The van der Waals surface area contributed by atoms with Crippen molar-refractivity contribution in [1.82, 2.24) is 0 Å². The minimum absolute atomic E-state index is 0.715. The van der Waals surface area contributed by atoms with Crippen LogP contribution in [0.15, 0.2) is 24.3 Å². The van der Waals surface area contributed by atoms with Crippen LogP contribution in [0.5, 0.6) is 5.75 Å². The lowest BCUT2D eigenvalue weighted by Crippen LogP contribution is -2.24. The molecule has 0 bridgehead atoms. The second kappa shape index (κ2) is 4.59. The van der Waals surface area contributed by atoms with Gasteiger partial charge in [0.2, 0.25) is 0 Å². The van der Waals surface area contributed by atoms with Crippen LogP contribution in [-0.4, -0.2) is 12.6 Å². The standard InChI is InChI=1S/C15H21NO/c1-2-17-14-5-3-4-13(10-14)16-15(11-6-7-11)12-8-9-12/h3-5,10-12,15-16H,2,6-9H2,1H3. The van der Waals surface area contributed by atoms with Crippen LogP contribution in [0.3, 0.4) is 0 Å². The van der Waals surface area contributed by atoms with E-state index in [9.17, 15) is 0 Å². The molecule has 0 unspecified atom stereocenters. The summed E-state index contributed by atoms with van der Waals surface area (Å²) in [5.41, 5.74) is 1.22. The SMILES string of the molecule is CCOc1cccc(NC(C2CC2)C2CC2)c1. The van der Waals surface area contributed by atoms with Gasteiger partial charge in [0, 0.05) is 17.8 Å². The largest absolute Gasteiger partial charge is 0.494 e. The van der Waals surface area contributed by atoms with Crippen LogP contribution >= 0.6 is 0 Å². The van der Waals surface area contributed by atoms with Gasteiger partial charge in [0.25, 0.3) is 0 Å². The Balaban J connectivity index is 1.67. The molecule has 2 aliphatic carbocycles. The van der Waals surface area contributed by atoms with E-state index in [1.54, 1.807) is 0 Å². The molecule has 2 fully saturated rings. The molecular weight excluding hydrogens is 210 g/mol. The quantitative estimate of drug-likeness (QED) is 0.806. The monoisotopic (exact) mass is 231 g/mol. The lowest BCUT2D eigenvalue weighted by Gasteiger charge is -2.19. The van der Waals surface area contributed by atoms with Gasteiger partial charge in [-0.25, -0.2) is 0 Å². The fourth-order valence-corrected chi connectivity index (χ4v) is 2.57. The molecule has 1 aromatic carbocycles. The fraction of sp³-hybridized carbons (Fsp3) is 0.600. The first kappa shape index (κ1) is 10.9. The molecule has 0 spiro atoms. The summed E-state index contributed by atoms with van der Waals surface area (Å²) >= 11 is 0. The summed E-state index contributed by atoms with van der Waals surface area (Å²) in [6, 6.07) is 9.09. The van der Waals surface area contributed by atoms with Gasteiger partial charge in [0.15, 0.2) is 0 Å². The Labute approximate surface area is 103 Å². The van der Waals surface area contributed by atoms with Crippen LogP contribution in [0, 0.1) is 11.8 Å². The summed E-state index contributed by atoms with van der Waals surface area (Å²) in [6.45, 7) is 2.76. The number of anilines is 1. The normalized spacial score (nSPS) is 19.4. The maximum absolute atomic E-state index is 5.54. The molecule has 2 saturated carbocycles. The molecule has 17 heavy (non-hydrogen) atoms. The van der Waals surface area contributed by atoms with Crippen LogP contribution in [0.25, 0.3) is 0 Å². The Morgan fingerprint density at radius 2 is 1.94 bits per heavy atom. The highest BCUT2D eigenvalue weighted by Crippen LogP contribution is 2.45. The number of benzene rings is 1. The second-order valence-corrected chi connectivity index (χ2v) is 5.31. The van der Waals surface area contributed by atoms with E-state index in [0.717, 1.165) is 24.2 Å². The average Bonchev–Trinajstić information content (AvgIpc) is 3.19. The number of hydrogen-bond donors (Lipinski definition) is 1. The van der Waals surface area contributed by atoms with Crippen molar-refractivity contribution < 1.29 is 4.74 Å². The molecule has 0 aliphatic heterocycles. The molecule has 3 rings (SSSR count). The van der Waals surface area contributed by atoms with Crippen molar-refractivity contribution >= 4 is 5.69 Å². The summed E-state index contributed by atoms with van der Waals surface area (Å²) in [7, 11) is 0. The van der Waals surface area contributed by atoms with Gasteiger partial charge in [0.1, 0.15) is 5.75 Å². The second-order valence-electron chi connectivity index (χ2n) is 5.31. The van der Waals surface area contributed by atoms with Crippen molar-refractivity contribution in [3.8, 4) is 5.75 Å². The molecule has 0 atom stereocenters. The van der Waals surface area contributed by atoms with E-state index in [2.05, 4.69) is 23.5 Å². The predicted molar refractivity (Wildman–Crippen MR) is 70.5 cm³/mol. The summed E-state index contributed by atoms with van der Waals surface area (Å²) in [5.74, 6) is 2.83. The highest BCUT2D eigenvalue weighted by Gasteiger charge is 2.41. The van der Waals surface area contributed by atoms with Crippen LogP contribution in [0.2, 0.25) is 0 Å². The summed E-state index contributed by atoms with van der Waals surface area (Å²) in [6.07, 6.45) is 5.66. The first-order chi connectivity index (χ1) is 8.36. The molecule has 0 saturated heterocycles. The molecule has 2 nitrogen and oxygen atoms in total. The van der Waals surface area contributed by atoms with Crippen molar-refractivity contribution in [2.24, 2.45) is 11.8 Å². The maximum Gasteiger partial charge on any atom is 0.121 e. The van der Waals surface area contributed by atoms with Crippen molar-refractivity contribution in [2.75, 3.05) is 11.9 Å². The molecular formula is C15H21NO. The van der Waals surface area contributed by atoms with Crippen LogP contribution in [0.1, 0.15) is 32.6 Å². The smallest absolute Gasteiger partial charge is 0.121 e. The van der Waals surface area contributed by atoms with Gasteiger partial charge < -0.3 is 10.1 Å². The maximum atomic E-state index is 5.54. The van der Waals surface area contributed by atoms with Gasteiger partial charge in [-0.1, -0.05) is 6.07 Å². The van der Waals surface area contributed by atoms with Crippen LogP contribution in [-0.2, 0) is 0 Å². The lowest BCUT2D eigenvalue weighted by atomic mass is 10.1. The van der Waals surface area contributed by atoms with E-state index in [4.69, 9.17) is 4.74 Å². The highest BCUT2D eigenvalue weighted by atomic mass is 16.5. The third-order valence-corrected chi connectivity index (χ3v) is 3.74. The Hall–Kier alpha value is -1.18. The zero-order valence-electron chi connectivity index (χ0n) is 10.5. The Morgan fingerprint density at radius 3 is 2.53 bits per heavy atom. The first-order valence-electron chi connectivity index (χ1n) is 6.86. The van der Waals surface area contributed by atoms with E-state index in [1.807, 2.05) is 13.0 Å². The van der Waals surface area contributed by atoms with Gasteiger partial charge >= 0.3 is 0 Å². The van der Waals surface area contributed by atoms with E-state index >= 15 is 0 Å². The lowest BCUT2D eigenvalue weighted by molar-refractivity contribution is 0.340. The van der Waals surface area contributed by atoms with Crippen LogP contribution < -0.4 is 10.1 Å². The van der Waals surface area contributed by atoms with E-state index < -0.39 is 0 Å².